The van der Waals surface area contributed by atoms with E-state index < -0.39 is 0 Å². The lowest BCUT2D eigenvalue weighted by Crippen LogP contribution is -3.12. The Hall–Kier alpha value is -1.61. The minimum atomic E-state index is 0.281. The van der Waals surface area contributed by atoms with Crippen molar-refractivity contribution in [3.8, 4) is 0 Å². The molecule has 0 spiro atoms. The second-order valence-electron chi connectivity index (χ2n) is 9.40. The first-order valence-corrected chi connectivity index (χ1v) is 9.98. The molecular weight excluding hydrogens is 306 g/mol. The molecule has 1 aliphatic heterocycles. The molecule has 2 heterocycles. The zero-order chi connectivity index (χ0) is 17.4. The number of piperazine rings is 1. The lowest BCUT2D eigenvalue weighted by Gasteiger charge is -2.34. The summed E-state index contributed by atoms with van der Waals surface area (Å²) in [5.74, 6) is 0.690. The lowest BCUT2D eigenvalue weighted by atomic mass is 9.70. The van der Waals surface area contributed by atoms with E-state index in [0.29, 0.717) is 11.3 Å². The molecule has 3 nitrogen and oxygen atoms in total. The Labute approximate surface area is 151 Å². The first-order valence-electron chi connectivity index (χ1n) is 9.98. The van der Waals surface area contributed by atoms with Gasteiger partial charge in [0.25, 0.3) is 0 Å². The number of anilines is 1. The van der Waals surface area contributed by atoms with Crippen LogP contribution in [0.25, 0.3) is 10.9 Å². The number of nitrogens with zero attached hydrogens (tertiary/aromatic N) is 1. The van der Waals surface area contributed by atoms with Crippen molar-refractivity contribution >= 4 is 16.6 Å². The van der Waals surface area contributed by atoms with Crippen molar-refractivity contribution in [1.82, 2.24) is 0 Å². The molecular formula is C22H31N3+2. The van der Waals surface area contributed by atoms with Gasteiger partial charge in [0, 0.05) is 11.6 Å². The summed E-state index contributed by atoms with van der Waals surface area (Å²) in [7, 11) is 2.32. The third kappa shape index (κ3) is 1.88. The Morgan fingerprint density at radius 3 is 2.60 bits per heavy atom. The fraction of sp³-hybridized carbons (Fsp3) is 0.591. The monoisotopic (exact) mass is 337 g/mol. The maximum atomic E-state index is 3.89. The van der Waals surface area contributed by atoms with Crippen LogP contribution in [0.1, 0.15) is 50.8 Å². The number of hydrogen-bond acceptors (Lipinski definition) is 1. The smallest absolute Gasteiger partial charge is 0.213 e. The number of aromatic nitrogens is 1. The number of aromatic amines is 1. The van der Waals surface area contributed by atoms with Crippen molar-refractivity contribution in [2.45, 2.75) is 44.9 Å². The quantitative estimate of drug-likeness (QED) is 0.846. The summed E-state index contributed by atoms with van der Waals surface area (Å²) in [5, 5.41) is 1.42. The van der Waals surface area contributed by atoms with Crippen LogP contribution >= 0.6 is 0 Å². The van der Waals surface area contributed by atoms with Gasteiger partial charge >= 0.3 is 0 Å². The fourth-order valence-electron chi connectivity index (χ4n) is 5.94. The van der Waals surface area contributed by atoms with Crippen molar-refractivity contribution in [1.29, 1.82) is 0 Å². The third-order valence-electron chi connectivity index (χ3n) is 8.03. The molecule has 2 aromatic rings. The maximum Gasteiger partial charge on any atom is 0.213 e. The highest BCUT2D eigenvalue weighted by Crippen LogP contribution is 2.68. The van der Waals surface area contributed by atoms with Gasteiger partial charge in [0.2, 0.25) is 5.52 Å². The van der Waals surface area contributed by atoms with E-state index in [1.807, 2.05) is 0 Å². The number of nitrogens with one attached hydrogen (secondary N) is 2. The molecule has 1 aromatic heterocycles. The molecule has 25 heavy (non-hydrogen) atoms. The summed E-state index contributed by atoms with van der Waals surface area (Å²) >= 11 is 0. The van der Waals surface area contributed by atoms with Crippen LogP contribution in [0.15, 0.2) is 24.3 Å². The average molecular weight is 338 g/mol. The summed E-state index contributed by atoms with van der Waals surface area (Å²) in [6, 6.07) is 8.97. The van der Waals surface area contributed by atoms with Crippen molar-refractivity contribution in [2.24, 2.45) is 5.41 Å². The summed E-state index contributed by atoms with van der Waals surface area (Å²) in [6.45, 7) is 12.3. The van der Waals surface area contributed by atoms with Gasteiger partial charge in [-0.25, -0.2) is 4.98 Å². The van der Waals surface area contributed by atoms with Crippen molar-refractivity contribution in [3.63, 3.8) is 0 Å². The highest BCUT2D eigenvalue weighted by molar-refractivity contribution is 5.93. The van der Waals surface area contributed by atoms with Gasteiger partial charge in [-0.05, 0) is 37.2 Å². The molecule has 3 heteroatoms. The van der Waals surface area contributed by atoms with Crippen LogP contribution in [-0.4, -0.2) is 33.2 Å². The highest BCUT2D eigenvalue weighted by atomic mass is 15.3. The molecule has 1 saturated carbocycles. The molecule has 0 radical (unpaired) electrons. The van der Waals surface area contributed by atoms with Gasteiger partial charge in [0.15, 0.2) is 5.69 Å². The Morgan fingerprint density at radius 2 is 1.84 bits per heavy atom. The topological polar surface area (TPSA) is 21.8 Å². The normalized spacial score (nSPS) is 30.9. The Kier molecular flexibility index (Phi) is 3.11. The number of hydrogen-bond donors (Lipinski definition) is 1. The van der Waals surface area contributed by atoms with Crippen LogP contribution in [0.5, 0.6) is 0 Å². The van der Waals surface area contributed by atoms with Crippen LogP contribution in [0.2, 0.25) is 0 Å². The number of para-hydroxylation sites is 1. The van der Waals surface area contributed by atoms with Gasteiger partial charge in [-0.1, -0.05) is 26.0 Å². The van der Waals surface area contributed by atoms with Gasteiger partial charge in [0.05, 0.1) is 49.7 Å². The molecule has 2 atom stereocenters. The van der Waals surface area contributed by atoms with Crippen LogP contribution in [-0.2, 0) is 5.41 Å². The molecule has 2 N–H and O–H groups in total. The van der Waals surface area contributed by atoms with Crippen LogP contribution in [0.4, 0.5) is 5.69 Å². The van der Waals surface area contributed by atoms with E-state index in [1.54, 1.807) is 16.2 Å². The van der Waals surface area contributed by atoms with Gasteiger partial charge in [0.1, 0.15) is 0 Å². The number of rotatable bonds is 1. The predicted molar refractivity (Wildman–Crippen MR) is 102 cm³/mol. The van der Waals surface area contributed by atoms with Gasteiger partial charge < -0.3 is 9.80 Å². The summed E-state index contributed by atoms with van der Waals surface area (Å²) < 4.78 is 0. The van der Waals surface area contributed by atoms with Gasteiger partial charge in [-0.3, -0.25) is 0 Å². The minimum absolute atomic E-state index is 0.281. The first kappa shape index (κ1) is 15.6. The summed E-state index contributed by atoms with van der Waals surface area (Å²) in [6.07, 6.45) is 2.66. The second kappa shape index (κ2) is 4.97. The van der Waals surface area contributed by atoms with Gasteiger partial charge in [-0.2, -0.15) is 0 Å². The molecule has 2 aliphatic carbocycles. The summed E-state index contributed by atoms with van der Waals surface area (Å²) in [5.41, 5.74) is 6.68. The van der Waals surface area contributed by atoms with E-state index in [1.165, 1.54) is 55.6 Å². The van der Waals surface area contributed by atoms with E-state index in [-0.39, 0.29) is 5.41 Å². The molecule has 132 valence electrons. The zero-order valence-corrected chi connectivity index (χ0v) is 16.1. The average Bonchev–Trinajstić information content (AvgIpc) is 2.93. The molecule has 2 bridgehead atoms. The molecule has 1 aromatic carbocycles. The van der Waals surface area contributed by atoms with Crippen molar-refractivity contribution < 1.29 is 9.88 Å². The van der Waals surface area contributed by atoms with E-state index in [9.17, 15) is 0 Å². The largest absolute Gasteiger partial charge is 0.359 e. The first-order chi connectivity index (χ1) is 11.9. The molecule has 2 fully saturated rings. The van der Waals surface area contributed by atoms with E-state index in [4.69, 9.17) is 0 Å². The van der Waals surface area contributed by atoms with Crippen LogP contribution in [0.3, 0.4) is 0 Å². The Balaban J connectivity index is 1.79. The number of pyridine rings is 1. The van der Waals surface area contributed by atoms with Gasteiger partial charge in [-0.15, -0.1) is 0 Å². The van der Waals surface area contributed by atoms with Crippen molar-refractivity contribution in [2.75, 3.05) is 38.1 Å². The lowest BCUT2D eigenvalue weighted by molar-refractivity contribution is -0.880. The number of H-pyrrole nitrogens is 1. The Bertz CT molecular complexity index is 848. The third-order valence-corrected chi connectivity index (χ3v) is 8.03. The number of benzene rings is 1. The number of quaternary nitrogens is 1. The highest BCUT2D eigenvalue weighted by Gasteiger charge is 2.64. The van der Waals surface area contributed by atoms with Crippen LogP contribution in [0, 0.1) is 5.41 Å². The molecule has 0 amide bonds. The number of fused-ring (bicyclic) bond motifs is 6. The summed E-state index contributed by atoms with van der Waals surface area (Å²) in [4.78, 5) is 8.25. The fourth-order valence-corrected chi connectivity index (χ4v) is 5.94. The maximum absolute atomic E-state index is 3.89. The zero-order valence-electron chi connectivity index (χ0n) is 16.1. The van der Waals surface area contributed by atoms with Crippen molar-refractivity contribution in [3.05, 3.63) is 35.5 Å². The molecule has 1 saturated heterocycles. The molecule has 3 aliphatic rings. The Morgan fingerprint density at radius 1 is 1.12 bits per heavy atom. The molecule has 5 rings (SSSR count). The number of likely N-dealkylation sites (N-methyl/N-ethyl adjacent to an activating group) is 1. The van der Waals surface area contributed by atoms with Crippen LogP contribution < -0.4 is 14.8 Å². The SMILES string of the molecule is C[NH+]1CCN(c2c3c([nH+]c4ccccc24)[C@@]2(C)CC[C@H]3C2(C)C)CC1. The van der Waals surface area contributed by atoms with E-state index in [2.05, 4.69) is 62.0 Å². The minimum Gasteiger partial charge on any atom is -0.359 e. The standard InChI is InChI=1S/C22H29N3/c1-21(2)16-9-10-22(21,3)20-18(16)19(25-13-11-24(4)12-14-25)15-7-5-6-8-17(15)23-20/h5-8,16H,9-14H2,1-4H3/p+2/t16-,22-/m1/s1. The van der Waals surface area contributed by atoms with E-state index >= 15 is 0 Å². The second-order valence-corrected chi connectivity index (χ2v) is 9.40. The predicted octanol–water partition coefficient (Wildman–Crippen LogP) is 2.16. The molecule has 0 unspecified atom stereocenters. The van der Waals surface area contributed by atoms with E-state index in [0.717, 1.165) is 0 Å².